The third-order valence-electron chi connectivity index (χ3n) is 3.29. The number of aryl methyl sites for hydroxylation is 1. The van der Waals surface area contributed by atoms with Crippen LogP contribution < -0.4 is 0 Å². The zero-order valence-electron chi connectivity index (χ0n) is 12.6. The van der Waals surface area contributed by atoms with Crippen molar-refractivity contribution in [3.05, 3.63) is 76.6 Å². The molecule has 1 aromatic heterocycles. The number of rotatable bonds is 5. The lowest BCUT2D eigenvalue weighted by atomic mass is 10.1. The van der Waals surface area contributed by atoms with Crippen molar-refractivity contribution < 1.29 is 0 Å². The molecule has 116 valence electrons. The fourth-order valence-electron chi connectivity index (χ4n) is 1.98. The monoisotopic (exact) mass is 342 g/mol. The minimum absolute atomic E-state index is 0.741. The molecule has 0 aliphatic carbocycles. The van der Waals surface area contributed by atoms with Gasteiger partial charge in [-0.3, -0.25) is 0 Å². The first-order valence-electron chi connectivity index (χ1n) is 7.09. The lowest BCUT2D eigenvalue weighted by Crippen LogP contribution is -1.94. The van der Waals surface area contributed by atoms with Crippen LogP contribution in [0.5, 0.6) is 0 Å². The lowest BCUT2D eigenvalue weighted by Gasteiger charge is -2.02. The predicted molar refractivity (Wildman–Crippen MR) is 95.2 cm³/mol. The first-order valence-corrected chi connectivity index (χ1v) is 8.46. The summed E-state index contributed by atoms with van der Waals surface area (Å²) in [5.74, 6) is 0.787. The molecule has 0 N–H and O–H groups in total. The molecule has 0 saturated heterocycles. The van der Waals surface area contributed by atoms with E-state index in [1.165, 1.54) is 11.1 Å². The zero-order valence-corrected chi connectivity index (χ0v) is 14.1. The second-order valence-corrected chi connectivity index (χ2v) is 6.35. The molecule has 1 heterocycles. The zero-order chi connectivity index (χ0) is 16.1. The van der Waals surface area contributed by atoms with Crippen molar-refractivity contribution >= 4 is 29.6 Å². The maximum absolute atomic E-state index is 5.90. The first-order chi connectivity index (χ1) is 11.2. The van der Waals surface area contributed by atoms with Gasteiger partial charge in [0.25, 0.3) is 0 Å². The van der Waals surface area contributed by atoms with Crippen LogP contribution in [0.25, 0.3) is 0 Å². The highest BCUT2D eigenvalue weighted by Crippen LogP contribution is 2.21. The normalized spacial score (nSPS) is 11.2. The first kappa shape index (κ1) is 15.8. The summed E-state index contributed by atoms with van der Waals surface area (Å²) in [6.45, 7) is 2.06. The van der Waals surface area contributed by atoms with Gasteiger partial charge in [-0.05, 0) is 35.7 Å². The van der Waals surface area contributed by atoms with Gasteiger partial charge in [-0.1, -0.05) is 59.8 Å². The summed E-state index contributed by atoms with van der Waals surface area (Å²) in [5, 5.41) is 14.0. The Morgan fingerprint density at radius 1 is 1.17 bits per heavy atom. The molecule has 0 aliphatic heterocycles. The molecule has 0 unspecified atom stereocenters. The summed E-state index contributed by atoms with van der Waals surface area (Å²) >= 11 is 7.48. The van der Waals surface area contributed by atoms with Crippen LogP contribution in [-0.4, -0.2) is 21.1 Å². The average Bonchev–Trinajstić information content (AvgIpc) is 3.01. The summed E-state index contributed by atoms with van der Waals surface area (Å²) in [6.07, 6.45) is 3.43. The topological polar surface area (TPSA) is 43.1 Å². The van der Waals surface area contributed by atoms with Crippen LogP contribution in [0.3, 0.4) is 0 Å². The maximum atomic E-state index is 5.90. The summed E-state index contributed by atoms with van der Waals surface area (Å²) < 4.78 is 1.69. The number of thioether (sulfide) groups is 1. The number of hydrogen-bond donors (Lipinski definition) is 0. The maximum Gasteiger partial charge on any atom is 0.212 e. The fourth-order valence-corrected chi connectivity index (χ4v) is 2.92. The van der Waals surface area contributed by atoms with Gasteiger partial charge in [-0.25, -0.2) is 0 Å². The van der Waals surface area contributed by atoms with E-state index in [-0.39, 0.29) is 0 Å². The molecule has 0 aliphatic rings. The molecule has 23 heavy (non-hydrogen) atoms. The van der Waals surface area contributed by atoms with Gasteiger partial charge in [0.2, 0.25) is 5.16 Å². The van der Waals surface area contributed by atoms with Gasteiger partial charge in [0.1, 0.15) is 6.33 Å². The van der Waals surface area contributed by atoms with E-state index in [1.54, 1.807) is 22.8 Å². The molecule has 6 heteroatoms. The van der Waals surface area contributed by atoms with E-state index in [2.05, 4.69) is 28.3 Å². The Morgan fingerprint density at radius 2 is 1.96 bits per heavy atom. The number of nitrogens with zero attached hydrogens (tertiary/aromatic N) is 4. The molecule has 4 nitrogen and oxygen atoms in total. The Kier molecular flexibility index (Phi) is 5.10. The summed E-state index contributed by atoms with van der Waals surface area (Å²) in [5.41, 5.74) is 3.44. The minimum Gasteiger partial charge on any atom is -0.195 e. The Bertz CT molecular complexity index is 811. The summed E-state index contributed by atoms with van der Waals surface area (Å²) in [7, 11) is 0. The number of halogens is 1. The Hall–Kier alpha value is -2.11. The smallest absolute Gasteiger partial charge is 0.195 e. The second kappa shape index (κ2) is 7.44. The van der Waals surface area contributed by atoms with Crippen molar-refractivity contribution in [2.45, 2.75) is 17.8 Å². The van der Waals surface area contributed by atoms with E-state index < -0.39 is 0 Å². The van der Waals surface area contributed by atoms with Gasteiger partial charge in [0.15, 0.2) is 0 Å². The van der Waals surface area contributed by atoms with E-state index in [4.69, 9.17) is 11.6 Å². The molecule has 0 atom stereocenters. The van der Waals surface area contributed by atoms with E-state index in [0.717, 1.165) is 21.5 Å². The van der Waals surface area contributed by atoms with Gasteiger partial charge in [-0.2, -0.15) is 9.78 Å². The van der Waals surface area contributed by atoms with Crippen molar-refractivity contribution in [1.29, 1.82) is 0 Å². The lowest BCUT2D eigenvalue weighted by molar-refractivity contribution is 0.767. The highest BCUT2D eigenvalue weighted by atomic mass is 35.5. The van der Waals surface area contributed by atoms with Crippen molar-refractivity contribution in [2.75, 3.05) is 0 Å². The van der Waals surface area contributed by atoms with Crippen molar-refractivity contribution in [3.8, 4) is 0 Å². The molecule has 0 amide bonds. The van der Waals surface area contributed by atoms with E-state index >= 15 is 0 Å². The predicted octanol–water partition coefficient (Wildman–Crippen LogP) is 4.41. The SMILES string of the molecule is Cc1ccccc1/C=N/n1cnnc1SCc1ccc(Cl)cc1. The Balaban J connectivity index is 1.70. The van der Waals surface area contributed by atoms with Gasteiger partial charge < -0.3 is 0 Å². The third-order valence-corrected chi connectivity index (χ3v) is 4.55. The molecule has 2 aromatic carbocycles. The third kappa shape index (κ3) is 4.21. The van der Waals surface area contributed by atoms with E-state index in [0.29, 0.717) is 0 Å². The van der Waals surface area contributed by atoms with Crippen LogP contribution in [0.1, 0.15) is 16.7 Å². The van der Waals surface area contributed by atoms with Gasteiger partial charge in [-0.15, -0.1) is 10.2 Å². The molecular weight excluding hydrogens is 328 g/mol. The highest BCUT2D eigenvalue weighted by Gasteiger charge is 2.05. The Labute approximate surface area is 144 Å². The van der Waals surface area contributed by atoms with Crippen LogP contribution in [0, 0.1) is 6.92 Å². The molecular formula is C17H15ClN4S. The van der Waals surface area contributed by atoms with Gasteiger partial charge >= 0.3 is 0 Å². The standard InChI is InChI=1S/C17H15ClN4S/c1-13-4-2-3-5-15(13)10-20-22-12-19-21-17(22)23-11-14-6-8-16(18)9-7-14/h2-10,12H,11H2,1H3/b20-10+. The molecule has 0 radical (unpaired) electrons. The Morgan fingerprint density at radius 3 is 2.74 bits per heavy atom. The van der Waals surface area contributed by atoms with Crippen molar-refractivity contribution in [2.24, 2.45) is 5.10 Å². The molecule has 0 fully saturated rings. The fraction of sp³-hybridized carbons (Fsp3) is 0.118. The quantitative estimate of drug-likeness (QED) is 0.509. The minimum atomic E-state index is 0.741. The molecule has 3 rings (SSSR count). The molecule has 0 saturated carbocycles. The van der Waals surface area contributed by atoms with Crippen LogP contribution in [0.2, 0.25) is 5.02 Å². The van der Waals surface area contributed by atoms with Crippen LogP contribution in [0.4, 0.5) is 0 Å². The van der Waals surface area contributed by atoms with Crippen LogP contribution >= 0.6 is 23.4 Å². The second-order valence-electron chi connectivity index (χ2n) is 4.97. The molecule has 0 spiro atoms. The number of benzene rings is 2. The van der Waals surface area contributed by atoms with Gasteiger partial charge in [0, 0.05) is 10.8 Å². The van der Waals surface area contributed by atoms with Crippen molar-refractivity contribution in [3.63, 3.8) is 0 Å². The van der Waals surface area contributed by atoms with Crippen LogP contribution in [-0.2, 0) is 5.75 Å². The summed E-state index contributed by atoms with van der Waals surface area (Å²) in [4.78, 5) is 0. The van der Waals surface area contributed by atoms with Crippen LogP contribution in [0.15, 0.2) is 65.1 Å². The van der Waals surface area contributed by atoms with Crippen molar-refractivity contribution in [1.82, 2.24) is 14.9 Å². The number of hydrogen-bond acceptors (Lipinski definition) is 4. The van der Waals surface area contributed by atoms with Gasteiger partial charge in [0.05, 0.1) is 6.21 Å². The summed E-state index contributed by atoms with van der Waals surface area (Å²) in [6, 6.07) is 15.9. The van der Waals surface area contributed by atoms with E-state index in [1.807, 2.05) is 48.7 Å². The number of aromatic nitrogens is 3. The average molecular weight is 343 g/mol. The largest absolute Gasteiger partial charge is 0.212 e. The molecule has 0 bridgehead atoms. The molecule has 3 aromatic rings. The highest BCUT2D eigenvalue weighted by molar-refractivity contribution is 7.98. The van der Waals surface area contributed by atoms with E-state index in [9.17, 15) is 0 Å².